The summed E-state index contributed by atoms with van der Waals surface area (Å²) in [4.78, 5) is 22.6. The minimum Gasteiger partial charge on any atom is -0.374 e. The number of guanidine groups is 1. The number of nitrogens with zero attached hydrogens (tertiary/aromatic N) is 3. The van der Waals surface area contributed by atoms with E-state index in [0.29, 0.717) is 25.0 Å². The number of nitrogens with one attached hydrogen (secondary N) is 2. The van der Waals surface area contributed by atoms with Crippen LogP contribution in [0.15, 0.2) is 16.4 Å². The Kier molecular flexibility index (Phi) is 10.1. The number of halogens is 1. The molecule has 1 amide bonds. The van der Waals surface area contributed by atoms with Crippen LogP contribution in [-0.4, -0.2) is 80.7 Å². The number of hydrogen-bond acceptors (Lipinski definition) is 5. The van der Waals surface area contributed by atoms with Gasteiger partial charge in [0.05, 0.1) is 19.3 Å². The molecule has 0 bridgehead atoms. The highest BCUT2D eigenvalue weighted by molar-refractivity contribution is 14.0. The van der Waals surface area contributed by atoms with E-state index in [1.54, 1.807) is 18.4 Å². The number of amides is 1. The third kappa shape index (κ3) is 7.37. The number of aliphatic imine (C=N–C) groups is 1. The molecule has 1 saturated heterocycles. The lowest BCUT2D eigenvalue weighted by Crippen LogP contribution is -2.51. The van der Waals surface area contributed by atoms with Crippen LogP contribution in [0.2, 0.25) is 0 Å². The molecule has 1 aromatic rings. The first kappa shape index (κ1) is 24.4. The molecule has 0 aliphatic carbocycles. The molecule has 1 fully saturated rings. The van der Waals surface area contributed by atoms with Crippen molar-refractivity contribution in [1.82, 2.24) is 20.4 Å². The van der Waals surface area contributed by atoms with Crippen molar-refractivity contribution in [2.75, 3.05) is 52.9 Å². The fourth-order valence-corrected chi connectivity index (χ4v) is 4.64. The van der Waals surface area contributed by atoms with Crippen molar-refractivity contribution in [1.29, 1.82) is 0 Å². The highest BCUT2D eigenvalue weighted by Crippen LogP contribution is 2.23. The van der Waals surface area contributed by atoms with Crippen LogP contribution in [-0.2, 0) is 22.5 Å². The van der Waals surface area contributed by atoms with Gasteiger partial charge in [0.25, 0.3) is 0 Å². The number of thiophene rings is 1. The predicted octanol–water partition coefficient (Wildman–Crippen LogP) is 1.77. The summed E-state index contributed by atoms with van der Waals surface area (Å²) in [5.74, 6) is 1.41. The second-order valence-electron chi connectivity index (χ2n) is 7.89. The molecular weight excluding hydrogens is 501 g/mol. The van der Waals surface area contributed by atoms with E-state index in [2.05, 4.69) is 45.8 Å². The number of rotatable bonds is 6. The summed E-state index contributed by atoms with van der Waals surface area (Å²) in [6.07, 6.45) is 1.10. The molecule has 1 atom stereocenters. The molecule has 0 saturated carbocycles. The number of fused-ring (bicyclic) bond motifs is 1. The molecule has 2 aliphatic rings. The molecule has 164 valence electrons. The van der Waals surface area contributed by atoms with Crippen molar-refractivity contribution in [2.24, 2.45) is 10.9 Å². The molecule has 3 heterocycles. The first-order valence-electron chi connectivity index (χ1n) is 10.2. The summed E-state index contributed by atoms with van der Waals surface area (Å²) in [6.45, 7) is 10.7. The Morgan fingerprint density at radius 1 is 1.38 bits per heavy atom. The van der Waals surface area contributed by atoms with Gasteiger partial charge in [-0.1, -0.05) is 13.8 Å². The Labute approximate surface area is 195 Å². The van der Waals surface area contributed by atoms with Crippen molar-refractivity contribution in [3.05, 3.63) is 21.9 Å². The summed E-state index contributed by atoms with van der Waals surface area (Å²) in [5.41, 5.74) is 1.28. The van der Waals surface area contributed by atoms with E-state index >= 15 is 0 Å². The van der Waals surface area contributed by atoms with Crippen molar-refractivity contribution < 1.29 is 9.53 Å². The molecule has 3 rings (SSSR count). The van der Waals surface area contributed by atoms with E-state index in [-0.39, 0.29) is 42.5 Å². The Bertz CT molecular complexity index is 682. The zero-order chi connectivity index (χ0) is 19.9. The molecule has 0 aromatic carbocycles. The zero-order valence-electron chi connectivity index (χ0n) is 17.6. The molecule has 9 heteroatoms. The minimum atomic E-state index is 0. The van der Waals surface area contributed by atoms with E-state index < -0.39 is 0 Å². The van der Waals surface area contributed by atoms with Gasteiger partial charge in [0.2, 0.25) is 5.91 Å². The average molecular weight is 535 g/mol. The van der Waals surface area contributed by atoms with Crippen LogP contribution in [0.4, 0.5) is 0 Å². The minimum absolute atomic E-state index is 0. The fraction of sp³-hybridized carbons (Fsp3) is 0.700. The summed E-state index contributed by atoms with van der Waals surface area (Å²) >= 11 is 1.79. The SMILES string of the molecule is CN=C(NCC(=O)N1CCc2sccc2C1)NCC1CN(CC(C)C)CCO1.I. The smallest absolute Gasteiger partial charge is 0.242 e. The van der Waals surface area contributed by atoms with Crippen LogP contribution in [0.3, 0.4) is 0 Å². The third-order valence-corrected chi connectivity index (χ3v) is 6.16. The van der Waals surface area contributed by atoms with Crippen molar-refractivity contribution in [3.63, 3.8) is 0 Å². The Balaban J connectivity index is 0.00000300. The van der Waals surface area contributed by atoms with E-state index in [0.717, 1.165) is 39.2 Å². The maximum absolute atomic E-state index is 12.6. The number of morpholine rings is 1. The van der Waals surface area contributed by atoms with E-state index in [1.165, 1.54) is 10.4 Å². The van der Waals surface area contributed by atoms with Crippen LogP contribution >= 0.6 is 35.3 Å². The van der Waals surface area contributed by atoms with Crippen molar-refractivity contribution >= 4 is 47.2 Å². The maximum Gasteiger partial charge on any atom is 0.242 e. The molecule has 0 radical (unpaired) electrons. The van der Waals surface area contributed by atoms with Gasteiger partial charge in [0.15, 0.2) is 5.96 Å². The van der Waals surface area contributed by atoms with Crippen molar-refractivity contribution in [3.8, 4) is 0 Å². The monoisotopic (exact) mass is 535 g/mol. The third-order valence-electron chi connectivity index (χ3n) is 5.13. The molecule has 1 unspecified atom stereocenters. The van der Waals surface area contributed by atoms with Gasteiger partial charge in [0.1, 0.15) is 0 Å². The van der Waals surface area contributed by atoms with Crippen molar-refractivity contribution in [2.45, 2.75) is 32.9 Å². The molecule has 2 N–H and O–H groups in total. The second-order valence-corrected chi connectivity index (χ2v) is 8.89. The van der Waals surface area contributed by atoms with Gasteiger partial charge >= 0.3 is 0 Å². The molecule has 0 spiro atoms. The maximum atomic E-state index is 12.6. The summed E-state index contributed by atoms with van der Waals surface area (Å²) in [5, 5.41) is 8.56. The molecule has 2 aliphatic heterocycles. The zero-order valence-corrected chi connectivity index (χ0v) is 20.8. The van der Waals surface area contributed by atoms with Gasteiger partial charge in [-0.25, -0.2) is 0 Å². The first-order valence-corrected chi connectivity index (χ1v) is 11.0. The van der Waals surface area contributed by atoms with Gasteiger partial charge < -0.3 is 20.3 Å². The number of ether oxygens (including phenoxy) is 1. The van der Waals surface area contributed by atoms with Crippen LogP contribution < -0.4 is 10.6 Å². The van der Waals surface area contributed by atoms with Crippen LogP contribution in [0.5, 0.6) is 0 Å². The lowest BCUT2D eigenvalue weighted by Gasteiger charge is -2.34. The number of carbonyl (C=O) groups is 1. The Hall–Kier alpha value is -0.910. The average Bonchev–Trinajstić information content (AvgIpc) is 3.15. The Morgan fingerprint density at radius 3 is 2.97 bits per heavy atom. The summed E-state index contributed by atoms with van der Waals surface area (Å²) in [6, 6.07) is 2.13. The summed E-state index contributed by atoms with van der Waals surface area (Å²) < 4.78 is 5.87. The quantitative estimate of drug-likeness (QED) is 0.330. The lowest BCUT2D eigenvalue weighted by molar-refractivity contribution is -0.130. The van der Waals surface area contributed by atoms with E-state index in [4.69, 9.17) is 4.74 Å². The van der Waals surface area contributed by atoms with E-state index in [9.17, 15) is 4.79 Å². The van der Waals surface area contributed by atoms with Gasteiger partial charge in [0, 0.05) is 51.2 Å². The molecule has 7 nitrogen and oxygen atoms in total. The van der Waals surface area contributed by atoms with E-state index in [1.807, 2.05) is 4.90 Å². The molecular formula is C20H34IN5O2S. The second kappa shape index (κ2) is 12.1. The predicted molar refractivity (Wildman–Crippen MR) is 129 cm³/mol. The Morgan fingerprint density at radius 2 is 2.21 bits per heavy atom. The highest BCUT2D eigenvalue weighted by Gasteiger charge is 2.23. The number of hydrogen-bond donors (Lipinski definition) is 2. The standard InChI is InChI=1S/C20H33N5O2S.HI/c1-15(2)12-24-7-8-27-17(14-24)10-22-20(21-3)23-11-19(26)25-6-4-18-16(13-25)5-9-28-18;/h5,9,15,17H,4,6-8,10-14H2,1-3H3,(H2,21,22,23);1H. The topological polar surface area (TPSA) is 69.2 Å². The molecule has 1 aromatic heterocycles. The van der Waals surface area contributed by atoms with Crippen LogP contribution in [0.25, 0.3) is 0 Å². The van der Waals surface area contributed by atoms with Gasteiger partial charge in [-0.2, -0.15) is 0 Å². The van der Waals surface area contributed by atoms with Crippen LogP contribution in [0, 0.1) is 5.92 Å². The van der Waals surface area contributed by atoms with Gasteiger partial charge in [-0.05, 0) is 29.3 Å². The lowest BCUT2D eigenvalue weighted by atomic mass is 10.1. The van der Waals surface area contributed by atoms with Gasteiger partial charge in [-0.3, -0.25) is 14.7 Å². The fourth-order valence-electron chi connectivity index (χ4n) is 3.75. The highest BCUT2D eigenvalue weighted by atomic mass is 127. The van der Waals surface area contributed by atoms with Gasteiger partial charge in [-0.15, -0.1) is 35.3 Å². The normalized spacial score (nSPS) is 20.2. The number of carbonyl (C=O) groups excluding carboxylic acids is 1. The first-order chi connectivity index (χ1) is 13.5. The summed E-state index contributed by atoms with van der Waals surface area (Å²) in [7, 11) is 1.73. The largest absolute Gasteiger partial charge is 0.374 e. The van der Waals surface area contributed by atoms with Crippen LogP contribution in [0.1, 0.15) is 24.3 Å². The molecule has 29 heavy (non-hydrogen) atoms.